The number of carboxylic acids is 1. The molecule has 0 heterocycles. The number of rotatable bonds is 1. The van der Waals surface area contributed by atoms with Crippen LogP contribution < -0.4 is 0 Å². The van der Waals surface area contributed by atoms with Crippen LogP contribution in [0.5, 0.6) is 0 Å². The maximum Gasteiger partial charge on any atom is 2.00 e. The van der Waals surface area contributed by atoms with Gasteiger partial charge in [0.15, 0.2) is 0 Å². The first kappa shape index (κ1) is 16.8. The number of carbonyl (C=O) groups is 2. The van der Waals surface area contributed by atoms with Gasteiger partial charge in [-0.05, 0) is 0 Å². The standard InChI is InChI=1S/C4H6O2.C2H4O2.Mg.2H/c1-3-4(5)6-2;1-2(3)4;;;/h3H,1H2,2H3;1H3,(H,3,4);;;/q;;+2;2*-1. The molecule has 4 nitrogen and oxygen atoms in total. The van der Waals surface area contributed by atoms with Crippen molar-refractivity contribution in [1.29, 1.82) is 0 Å². The molecule has 0 aromatic carbocycles. The summed E-state index contributed by atoms with van der Waals surface area (Å²) in [5.74, 6) is -1.23. The summed E-state index contributed by atoms with van der Waals surface area (Å²) in [5.41, 5.74) is 0. The first-order valence-electron chi connectivity index (χ1n) is 2.44. The fourth-order valence-corrected chi connectivity index (χ4v) is 0.0833. The first-order chi connectivity index (χ1) is 4.54. The van der Waals surface area contributed by atoms with Crippen LogP contribution in [0.4, 0.5) is 0 Å². The number of aliphatic carboxylic acids is 1. The van der Waals surface area contributed by atoms with Gasteiger partial charge in [0.1, 0.15) is 0 Å². The van der Waals surface area contributed by atoms with Crippen molar-refractivity contribution < 1.29 is 22.3 Å². The second kappa shape index (κ2) is 12.2. The van der Waals surface area contributed by atoms with Crippen molar-refractivity contribution in [3.8, 4) is 0 Å². The average molecular weight is 172 g/mol. The minimum Gasteiger partial charge on any atom is -1.00 e. The third-order valence-corrected chi connectivity index (χ3v) is 0.368. The van der Waals surface area contributed by atoms with Gasteiger partial charge >= 0.3 is 29.0 Å². The van der Waals surface area contributed by atoms with E-state index in [2.05, 4.69) is 11.3 Å². The topological polar surface area (TPSA) is 63.6 Å². The second-order valence-corrected chi connectivity index (χ2v) is 1.25. The first-order valence-corrected chi connectivity index (χ1v) is 2.44. The number of methoxy groups -OCH3 is 1. The van der Waals surface area contributed by atoms with Gasteiger partial charge in [0.05, 0.1) is 7.11 Å². The van der Waals surface area contributed by atoms with Crippen LogP contribution in [0, 0.1) is 0 Å². The van der Waals surface area contributed by atoms with Crippen molar-refractivity contribution >= 4 is 35.0 Å². The molecule has 0 saturated carbocycles. The molecule has 0 radical (unpaired) electrons. The van der Waals surface area contributed by atoms with E-state index >= 15 is 0 Å². The average Bonchev–Trinajstić information content (AvgIpc) is 1.85. The minimum absolute atomic E-state index is 0. The zero-order valence-electron chi connectivity index (χ0n) is 8.66. The molecule has 0 amide bonds. The molecule has 0 rings (SSSR count). The molecule has 5 heteroatoms. The molecule has 0 spiro atoms. The number of carboxylic acid groups (broad SMARTS) is 1. The Bertz CT molecular complexity index is 137. The Labute approximate surface area is 84.4 Å². The quantitative estimate of drug-likeness (QED) is 0.351. The van der Waals surface area contributed by atoms with Gasteiger partial charge in [0.2, 0.25) is 0 Å². The zero-order chi connectivity index (χ0) is 8.57. The van der Waals surface area contributed by atoms with E-state index < -0.39 is 11.9 Å². The summed E-state index contributed by atoms with van der Waals surface area (Å²) in [6.07, 6.45) is 1.11. The zero-order valence-corrected chi connectivity index (χ0v) is 8.08. The van der Waals surface area contributed by atoms with Crippen LogP contribution in [0.15, 0.2) is 12.7 Å². The van der Waals surface area contributed by atoms with Gasteiger partial charge in [0, 0.05) is 13.0 Å². The molecule has 0 saturated heterocycles. The smallest absolute Gasteiger partial charge is 1.00 e. The fourth-order valence-electron chi connectivity index (χ4n) is 0.0833. The summed E-state index contributed by atoms with van der Waals surface area (Å²) < 4.78 is 4.14. The van der Waals surface area contributed by atoms with E-state index in [-0.39, 0.29) is 25.9 Å². The molecule has 0 aliphatic carbocycles. The molecule has 0 aromatic rings. The largest absolute Gasteiger partial charge is 2.00 e. The Morgan fingerprint density at radius 2 is 1.91 bits per heavy atom. The van der Waals surface area contributed by atoms with Crippen LogP contribution >= 0.6 is 0 Å². The van der Waals surface area contributed by atoms with Gasteiger partial charge < -0.3 is 12.7 Å². The Balaban J connectivity index is -0.0000000279. The van der Waals surface area contributed by atoms with Crippen molar-refractivity contribution in [3.63, 3.8) is 0 Å². The van der Waals surface area contributed by atoms with Crippen molar-refractivity contribution in [3.05, 3.63) is 12.7 Å². The van der Waals surface area contributed by atoms with E-state index in [1.165, 1.54) is 7.11 Å². The van der Waals surface area contributed by atoms with E-state index in [0.717, 1.165) is 13.0 Å². The summed E-state index contributed by atoms with van der Waals surface area (Å²) in [4.78, 5) is 18.8. The van der Waals surface area contributed by atoms with Crippen molar-refractivity contribution in [2.24, 2.45) is 0 Å². The van der Waals surface area contributed by atoms with E-state index in [1.807, 2.05) is 0 Å². The molecule has 0 aromatic heterocycles. The van der Waals surface area contributed by atoms with Crippen LogP contribution in [0.2, 0.25) is 0 Å². The number of hydrogen-bond donors (Lipinski definition) is 1. The van der Waals surface area contributed by atoms with Crippen LogP contribution in [0.3, 0.4) is 0 Å². The Morgan fingerprint density at radius 3 is 1.91 bits per heavy atom. The number of carbonyl (C=O) groups excluding carboxylic acids is 1. The third-order valence-electron chi connectivity index (χ3n) is 0.368. The monoisotopic (exact) mass is 172 g/mol. The minimum atomic E-state index is -0.833. The Kier molecular flexibility index (Phi) is 18.6. The van der Waals surface area contributed by atoms with Gasteiger partial charge in [-0.1, -0.05) is 6.58 Å². The predicted octanol–water partition coefficient (Wildman–Crippen LogP) is 0.281. The summed E-state index contributed by atoms with van der Waals surface area (Å²) in [7, 11) is 1.31. The molecule has 11 heavy (non-hydrogen) atoms. The predicted molar refractivity (Wildman–Crippen MR) is 43.5 cm³/mol. The van der Waals surface area contributed by atoms with Crippen LogP contribution in [-0.2, 0) is 14.3 Å². The third kappa shape index (κ3) is 44.1. The molecule has 1 N–H and O–H groups in total. The molecule has 0 fully saturated rings. The maximum atomic E-state index is 9.84. The summed E-state index contributed by atoms with van der Waals surface area (Å²) in [6.45, 7) is 4.24. The Morgan fingerprint density at radius 1 is 1.64 bits per heavy atom. The van der Waals surface area contributed by atoms with Gasteiger partial charge in [-0.3, -0.25) is 4.79 Å². The molecule has 0 atom stereocenters. The molecular weight excluding hydrogens is 160 g/mol. The molecular formula is C6H12MgO4. The number of ether oxygens (including phenoxy) is 1. The van der Waals surface area contributed by atoms with E-state index in [4.69, 9.17) is 9.90 Å². The molecule has 0 unspecified atom stereocenters. The van der Waals surface area contributed by atoms with Gasteiger partial charge in [-0.15, -0.1) is 0 Å². The summed E-state index contributed by atoms with van der Waals surface area (Å²) in [5, 5.41) is 7.42. The molecule has 62 valence electrons. The van der Waals surface area contributed by atoms with E-state index in [9.17, 15) is 4.79 Å². The van der Waals surface area contributed by atoms with E-state index in [1.54, 1.807) is 0 Å². The van der Waals surface area contributed by atoms with Gasteiger partial charge in [-0.25, -0.2) is 4.79 Å². The molecule has 0 aliphatic heterocycles. The van der Waals surface area contributed by atoms with Gasteiger partial charge in [-0.2, -0.15) is 0 Å². The normalized spacial score (nSPS) is 6.00. The van der Waals surface area contributed by atoms with Crippen LogP contribution in [0.1, 0.15) is 9.78 Å². The van der Waals surface area contributed by atoms with Crippen molar-refractivity contribution in [2.45, 2.75) is 6.92 Å². The molecule has 0 bridgehead atoms. The maximum absolute atomic E-state index is 9.84. The summed E-state index contributed by atoms with van der Waals surface area (Å²) >= 11 is 0. The van der Waals surface area contributed by atoms with Crippen LogP contribution in [0.25, 0.3) is 0 Å². The van der Waals surface area contributed by atoms with E-state index in [0.29, 0.717) is 0 Å². The van der Waals surface area contributed by atoms with Crippen molar-refractivity contribution in [1.82, 2.24) is 0 Å². The SMILES string of the molecule is C=CC(=O)OC.CC(=O)O.[H-].[H-].[Mg+2]. The number of esters is 1. The summed E-state index contributed by atoms with van der Waals surface area (Å²) in [6, 6.07) is 0. The second-order valence-electron chi connectivity index (χ2n) is 1.25. The van der Waals surface area contributed by atoms with Gasteiger partial charge in [0.25, 0.3) is 5.97 Å². The Hall–Kier alpha value is -0.554. The number of hydrogen-bond acceptors (Lipinski definition) is 3. The van der Waals surface area contributed by atoms with Crippen LogP contribution in [-0.4, -0.2) is 47.2 Å². The molecule has 0 aliphatic rings. The van der Waals surface area contributed by atoms with Crippen molar-refractivity contribution in [2.75, 3.05) is 7.11 Å². The fraction of sp³-hybridized carbons (Fsp3) is 0.333.